The highest BCUT2D eigenvalue weighted by molar-refractivity contribution is 7.13. The molecular formula is C19H25N5O3S. The van der Waals surface area contributed by atoms with Gasteiger partial charge in [0.1, 0.15) is 10.8 Å². The molecule has 3 amide bonds. The van der Waals surface area contributed by atoms with Gasteiger partial charge in [-0.25, -0.2) is 4.79 Å². The normalized spacial score (nSPS) is 16.5. The fourth-order valence-electron chi connectivity index (χ4n) is 3.06. The molecule has 2 aromatic rings. The van der Waals surface area contributed by atoms with Gasteiger partial charge in [-0.05, 0) is 43.5 Å². The van der Waals surface area contributed by atoms with E-state index in [2.05, 4.69) is 20.8 Å². The number of likely N-dealkylation sites (tertiary alicyclic amines) is 1. The average molecular weight is 404 g/mol. The minimum absolute atomic E-state index is 0.0338. The minimum atomic E-state index is -0.290. The molecule has 0 bridgehead atoms. The van der Waals surface area contributed by atoms with E-state index in [0.717, 1.165) is 36.6 Å². The third-order valence-corrected chi connectivity index (χ3v) is 5.65. The zero-order chi connectivity index (χ0) is 19.9. The number of urea groups is 1. The van der Waals surface area contributed by atoms with Crippen molar-refractivity contribution in [3.8, 4) is 5.75 Å². The second-order valence-electron chi connectivity index (χ2n) is 6.65. The summed E-state index contributed by atoms with van der Waals surface area (Å²) in [5.74, 6) is 0.546. The zero-order valence-electron chi connectivity index (χ0n) is 16.1. The fraction of sp³-hybridized carbons (Fsp3) is 0.474. The summed E-state index contributed by atoms with van der Waals surface area (Å²) in [6, 6.07) is 7.07. The van der Waals surface area contributed by atoms with Gasteiger partial charge < -0.3 is 20.3 Å². The molecule has 1 saturated heterocycles. The van der Waals surface area contributed by atoms with E-state index in [4.69, 9.17) is 4.74 Å². The Bertz CT molecular complexity index is 808. The number of amides is 3. The number of nitrogens with zero attached hydrogens (tertiary/aromatic N) is 3. The number of benzene rings is 1. The van der Waals surface area contributed by atoms with Crippen molar-refractivity contribution in [1.82, 2.24) is 20.4 Å². The van der Waals surface area contributed by atoms with Crippen LogP contribution in [0.4, 0.5) is 10.5 Å². The summed E-state index contributed by atoms with van der Waals surface area (Å²) in [5, 5.41) is 15.1. The fourth-order valence-corrected chi connectivity index (χ4v) is 3.92. The van der Waals surface area contributed by atoms with Gasteiger partial charge >= 0.3 is 6.03 Å². The molecule has 28 heavy (non-hydrogen) atoms. The van der Waals surface area contributed by atoms with Crippen LogP contribution in [-0.4, -0.2) is 53.8 Å². The van der Waals surface area contributed by atoms with Crippen LogP contribution in [0.5, 0.6) is 5.75 Å². The standard InChI is InChI=1S/C19H25N5O3S/c1-3-10-20-19(26)24-11-4-5-13(12-24)17-22-23-18(28-17)16(25)21-14-6-8-15(27-2)9-7-14/h6-9,13H,3-5,10-12H2,1-2H3,(H,20,26)(H,21,25). The quantitative estimate of drug-likeness (QED) is 0.773. The molecule has 1 aromatic carbocycles. The molecule has 1 fully saturated rings. The molecule has 9 heteroatoms. The van der Waals surface area contributed by atoms with Crippen LogP contribution < -0.4 is 15.4 Å². The largest absolute Gasteiger partial charge is 0.497 e. The maximum absolute atomic E-state index is 12.4. The molecule has 0 saturated carbocycles. The molecule has 1 unspecified atom stereocenters. The molecule has 0 radical (unpaired) electrons. The van der Waals surface area contributed by atoms with Crippen LogP contribution in [0.2, 0.25) is 0 Å². The molecule has 1 aliphatic heterocycles. The number of carbonyl (C=O) groups is 2. The number of hydrogen-bond donors (Lipinski definition) is 2. The van der Waals surface area contributed by atoms with Crippen LogP contribution in [-0.2, 0) is 0 Å². The van der Waals surface area contributed by atoms with Crippen LogP contribution in [0.1, 0.15) is 46.9 Å². The summed E-state index contributed by atoms with van der Waals surface area (Å²) >= 11 is 1.29. The Hall–Kier alpha value is -2.68. The maximum Gasteiger partial charge on any atom is 0.317 e. The van der Waals surface area contributed by atoms with Gasteiger partial charge in [0, 0.05) is 31.2 Å². The maximum atomic E-state index is 12.4. The summed E-state index contributed by atoms with van der Waals surface area (Å²) in [5.41, 5.74) is 0.666. The van der Waals surface area contributed by atoms with Gasteiger partial charge in [-0.15, -0.1) is 10.2 Å². The van der Waals surface area contributed by atoms with E-state index in [1.807, 2.05) is 11.8 Å². The van der Waals surface area contributed by atoms with Gasteiger partial charge in [0.25, 0.3) is 5.91 Å². The van der Waals surface area contributed by atoms with E-state index >= 15 is 0 Å². The summed E-state index contributed by atoms with van der Waals surface area (Å²) < 4.78 is 5.11. The van der Waals surface area contributed by atoms with E-state index in [1.54, 1.807) is 31.4 Å². The predicted molar refractivity (Wildman–Crippen MR) is 108 cm³/mol. The van der Waals surface area contributed by atoms with Crippen LogP contribution in [0.3, 0.4) is 0 Å². The Morgan fingerprint density at radius 2 is 2.07 bits per heavy atom. The monoisotopic (exact) mass is 403 g/mol. The first kappa shape index (κ1) is 20.1. The highest BCUT2D eigenvalue weighted by Crippen LogP contribution is 2.29. The molecule has 0 aliphatic carbocycles. The van der Waals surface area contributed by atoms with Gasteiger partial charge in [-0.1, -0.05) is 18.3 Å². The number of rotatable bonds is 6. The van der Waals surface area contributed by atoms with Crippen LogP contribution in [0.15, 0.2) is 24.3 Å². The number of piperidine rings is 1. The average Bonchev–Trinajstić information content (AvgIpc) is 3.23. The number of anilines is 1. The third kappa shape index (κ3) is 4.98. The molecule has 3 rings (SSSR count). The zero-order valence-corrected chi connectivity index (χ0v) is 16.9. The highest BCUT2D eigenvalue weighted by Gasteiger charge is 2.28. The van der Waals surface area contributed by atoms with Crippen molar-refractivity contribution in [2.75, 3.05) is 32.1 Å². The van der Waals surface area contributed by atoms with Crippen molar-refractivity contribution in [3.63, 3.8) is 0 Å². The molecular weight excluding hydrogens is 378 g/mol. The SMILES string of the molecule is CCCNC(=O)N1CCCC(c2nnc(C(=O)Nc3ccc(OC)cc3)s2)C1. The minimum Gasteiger partial charge on any atom is -0.497 e. The Morgan fingerprint density at radius 3 is 2.79 bits per heavy atom. The topological polar surface area (TPSA) is 96.5 Å². The molecule has 2 N–H and O–H groups in total. The van der Waals surface area contributed by atoms with Crippen molar-refractivity contribution in [1.29, 1.82) is 0 Å². The van der Waals surface area contributed by atoms with E-state index in [1.165, 1.54) is 11.3 Å². The lowest BCUT2D eigenvalue weighted by Gasteiger charge is -2.31. The number of ether oxygens (including phenoxy) is 1. The molecule has 1 atom stereocenters. The van der Waals surface area contributed by atoms with Gasteiger partial charge in [0.15, 0.2) is 0 Å². The predicted octanol–water partition coefficient (Wildman–Crippen LogP) is 3.10. The molecule has 150 valence electrons. The lowest BCUT2D eigenvalue weighted by molar-refractivity contribution is 0.102. The first-order valence-corrected chi connectivity index (χ1v) is 10.2. The number of aromatic nitrogens is 2. The summed E-state index contributed by atoms with van der Waals surface area (Å²) in [6.07, 6.45) is 2.76. The Labute approximate surface area is 168 Å². The van der Waals surface area contributed by atoms with Crippen LogP contribution >= 0.6 is 11.3 Å². The van der Waals surface area contributed by atoms with E-state index < -0.39 is 0 Å². The van der Waals surface area contributed by atoms with Crippen molar-refractivity contribution in [3.05, 3.63) is 34.3 Å². The highest BCUT2D eigenvalue weighted by atomic mass is 32.1. The van der Waals surface area contributed by atoms with Gasteiger partial charge in [0.2, 0.25) is 5.01 Å². The third-order valence-electron chi connectivity index (χ3n) is 4.57. The van der Waals surface area contributed by atoms with Crippen LogP contribution in [0, 0.1) is 0 Å². The number of carbonyl (C=O) groups excluding carboxylic acids is 2. The first-order valence-electron chi connectivity index (χ1n) is 9.42. The van der Waals surface area contributed by atoms with E-state index in [9.17, 15) is 9.59 Å². The first-order chi connectivity index (χ1) is 13.6. The van der Waals surface area contributed by atoms with Crippen molar-refractivity contribution < 1.29 is 14.3 Å². The molecule has 1 aliphatic rings. The van der Waals surface area contributed by atoms with Crippen molar-refractivity contribution in [2.45, 2.75) is 32.1 Å². The van der Waals surface area contributed by atoms with Gasteiger partial charge in [0.05, 0.1) is 7.11 Å². The molecule has 8 nitrogen and oxygen atoms in total. The Morgan fingerprint density at radius 1 is 1.29 bits per heavy atom. The number of hydrogen-bond acceptors (Lipinski definition) is 6. The number of nitrogens with one attached hydrogen (secondary N) is 2. The van der Waals surface area contributed by atoms with E-state index in [-0.39, 0.29) is 17.9 Å². The van der Waals surface area contributed by atoms with Gasteiger partial charge in [-0.2, -0.15) is 0 Å². The lowest BCUT2D eigenvalue weighted by Crippen LogP contribution is -2.45. The van der Waals surface area contributed by atoms with Gasteiger partial charge in [-0.3, -0.25) is 4.79 Å². The second kappa shape index (κ2) is 9.50. The number of methoxy groups -OCH3 is 1. The Balaban J connectivity index is 1.60. The van der Waals surface area contributed by atoms with E-state index in [0.29, 0.717) is 23.8 Å². The summed E-state index contributed by atoms with van der Waals surface area (Å²) in [4.78, 5) is 26.5. The lowest BCUT2D eigenvalue weighted by atomic mass is 9.99. The molecule has 0 spiro atoms. The summed E-state index contributed by atoms with van der Waals surface area (Å²) in [6.45, 7) is 4.05. The van der Waals surface area contributed by atoms with Crippen molar-refractivity contribution in [2.24, 2.45) is 0 Å². The smallest absolute Gasteiger partial charge is 0.317 e. The second-order valence-corrected chi connectivity index (χ2v) is 7.65. The van der Waals surface area contributed by atoms with Crippen molar-refractivity contribution >= 4 is 29.0 Å². The molecule has 2 heterocycles. The summed E-state index contributed by atoms with van der Waals surface area (Å²) in [7, 11) is 1.59. The molecule has 1 aromatic heterocycles. The van der Waals surface area contributed by atoms with Crippen LogP contribution in [0.25, 0.3) is 0 Å². The Kier molecular flexibility index (Phi) is 6.80.